The van der Waals surface area contributed by atoms with E-state index in [9.17, 15) is 9.18 Å². The van der Waals surface area contributed by atoms with Gasteiger partial charge < -0.3 is 14.7 Å². The van der Waals surface area contributed by atoms with Crippen LogP contribution in [0.3, 0.4) is 0 Å². The molecule has 0 aromatic heterocycles. The molecule has 0 radical (unpaired) electrons. The zero-order valence-corrected chi connectivity index (χ0v) is 20.0. The fraction of sp³-hybridized carbons (Fsp3) is 0.500. The average Bonchev–Trinajstić information content (AvgIpc) is 3.11. The van der Waals surface area contributed by atoms with E-state index in [1.165, 1.54) is 12.1 Å². The van der Waals surface area contributed by atoms with E-state index in [2.05, 4.69) is 52.8 Å². The Bertz CT molecular complexity index is 884. The van der Waals surface area contributed by atoms with Gasteiger partial charge in [0.2, 0.25) is 5.91 Å². The van der Waals surface area contributed by atoms with Gasteiger partial charge in [0.25, 0.3) is 0 Å². The first-order valence-electron chi connectivity index (χ1n) is 11.8. The van der Waals surface area contributed by atoms with E-state index in [4.69, 9.17) is 0 Å². The highest BCUT2D eigenvalue weighted by molar-refractivity contribution is 7.99. The van der Waals surface area contributed by atoms with Crippen LogP contribution in [0.5, 0.6) is 0 Å². The van der Waals surface area contributed by atoms with Crippen LogP contribution < -0.4 is 4.90 Å². The van der Waals surface area contributed by atoms with Gasteiger partial charge in [0.1, 0.15) is 11.4 Å². The Morgan fingerprint density at radius 2 is 1.75 bits per heavy atom. The molecule has 2 aromatic rings. The van der Waals surface area contributed by atoms with E-state index in [1.54, 1.807) is 11.8 Å². The van der Waals surface area contributed by atoms with Crippen molar-refractivity contribution in [3.63, 3.8) is 0 Å². The molecule has 1 spiro atoms. The summed E-state index contributed by atoms with van der Waals surface area (Å²) in [6.07, 6.45) is 3.81. The molecule has 0 unspecified atom stereocenters. The molecule has 6 heteroatoms. The Balaban J connectivity index is 1.36. The SMILES string of the molecule is CC[C@@H](C)N1CN(c2ccccc2)C2(CCN(CCCSc3ccc(F)cc3)CC2)C1=O. The number of piperidine rings is 1. The monoisotopic (exact) mass is 455 g/mol. The lowest BCUT2D eigenvalue weighted by Gasteiger charge is -2.43. The second kappa shape index (κ2) is 10.3. The van der Waals surface area contributed by atoms with Gasteiger partial charge in [-0.2, -0.15) is 0 Å². The number of nitrogens with zero attached hydrogens (tertiary/aromatic N) is 3. The predicted molar refractivity (Wildman–Crippen MR) is 131 cm³/mol. The van der Waals surface area contributed by atoms with Crippen LogP contribution in [-0.2, 0) is 4.79 Å². The maximum absolute atomic E-state index is 13.6. The van der Waals surface area contributed by atoms with Gasteiger partial charge in [0.15, 0.2) is 0 Å². The van der Waals surface area contributed by atoms with Gasteiger partial charge in [-0.05, 0) is 81.3 Å². The summed E-state index contributed by atoms with van der Waals surface area (Å²) in [5, 5.41) is 0. The van der Waals surface area contributed by atoms with E-state index in [-0.39, 0.29) is 11.9 Å². The molecule has 2 aliphatic heterocycles. The van der Waals surface area contributed by atoms with E-state index in [1.807, 2.05) is 18.2 Å². The summed E-state index contributed by atoms with van der Waals surface area (Å²) in [7, 11) is 0. The lowest BCUT2D eigenvalue weighted by Crippen LogP contribution is -2.56. The number of hydrogen-bond acceptors (Lipinski definition) is 4. The van der Waals surface area contributed by atoms with Crippen LogP contribution in [0.2, 0.25) is 0 Å². The molecule has 1 amide bonds. The Labute approximate surface area is 195 Å². The molecule has 0 bridgehead atoms. The Hall–Kier alpha value is -2.05. The molecule has 2 aromatic carbocycles. The van der Waals surface area contributed by atoms with Crippen LogP contribution in [0.15, 0.2) is 59.5 Å². The maximum Gasteiger partial charge on any atom is 0.250 e. The molecule has 32 heavy (non-hydrogen) atoms. The summed E-state index contributed by atoms with van der Waals surface area (Å²) >= 11 is 1.78. The minimum absolute atomic E-state index is 0.186. The van der Waals surface area contributed by atoms with Crippen molar-refractivity contribution in [1.29, 1.82) is 0 Å². The van der Waals surface area contributed by atoms with Gasteiger partial charge in [0, 0.05) is 29.7 Å². The first-order valence-corrected chi connectivity index (χ1v) is 12.8. The quantitative estimate of drug-likeness (QED) is 0.401. The molecule has 172 valence electrons. The third-order valence-corrected chi connectivity index (χ3v) is 8.14. The van der Waals surface area contributed by atoms with Gasteiger partial charge in [-0.3, -0.25) is 4.79 Å². The third-order valence-electron chi connectivity index (χ3n) is 7.04. The summed E-state index contributed by atoms with van der Waals surface area (Å²) in [4.78, 5) is 21.7. The molecule has 0 aliphatic carbocycles. The molecule has 2 fully saturated rings. The minimum Gasteiger partial charge on any atom is -0.339 e. The van der Waals surface area contributed by atoms with Crippen molar-refractivity contribution in [2.75, 3.05) is 37.0 Å². The van der Waals surface area contributed by atoms with E-state index in [0.29, 0.717) is 12.6 Å². The van der Waals surface area contributed by atoms with Gasteiger partial charge >= 0.3 is 0 Å². The van der Waals surface area contributed by atoms with E-state index < -0.39 is 5.54 Å². The molecule has 2 saturated heterocycles. The highest BCUT2D eigenvalue weighted by atomic mass is 32.2. The summed E-state index contributed by atoms with van der Waals surface area (Å²) in [5.41, 5.74) is 0.736. The van der Waals surface area contributed by atoms with E-state index in [0.717, 1.165) is 61.7 Å². The number of thioether (sulfide) groups is 1. The Morgan fingerprint density at radius 3 is 2.41 bits per heavy atom. The standard InChI is InChI=1S/C26H34FN3OS/c1-3-21(2)29-20-30(23-8-5-4-6-9-23)26(25(29)31)14-17-28(18-15-26)16-7-19-32-24-12-10-22(27)11-13-24/h4-6,8-13,21H,3,7,14-20H2,1-2H3/t21-/m1/s1. The highest BCUT2D eigenvalue weighted by Crippen LogP contribution is 2.40. The maximum atomic E-state index is 13.6. The van der Waals surface area contributed by atoms with Crippen LogP contribution in [-0.4, -0.2) is 59.3 Å². The van der Waals surface area contributed by atoms with Crippen molar-refractivity contribution < 1.29 is 9.18 Å². The summed E-state index contributed by atoms with van der Waals surface area (Å²) in [5.74, 6) is 1.14. The van der Waals surface area contributed by atoms with Crippen LogP contribution in [0.1, 0.15) is 39.5 Å². The zero-order chi connectivity index (χ0) is 22.6. The number of likely N-dealkylation sites (tertiary alicyclic amines) is 1. The first-order chi connectivity index (χ1) is 15.5. The number of amides is 1. The van der Waals surface area contributed by atoms with Gasteiger partial charge in [-0.25, -0.2) is 4.39 Å². The molecule has 0 N–H and O–H groups in total. The van der Waals surface area contributed by atoms with Crippen LogP contribution in [0.25, 0.3) is 0 Å². The van der Waals surface area contributed by atoms with Gasteiger partial charge in [-0.15, -0.1) is 11.8 Å². The second-order valence-electron chi connectivity index (χ2n) is 8.97. The lowest BCUT2D eigenvalue weighted by atomic mass is 9.85. The third kappa shape index (κ3) is 4.81. The number of hydrogen-bond donors (Lipinski definition) is 0. The topological polar surface area (TPSA) is 26.8 Å². The number of carbonyl (C=O) groups excluding carboxylic acids is 1. The van der Waals surface area contributed by atoms with Crippen molar-refractivity contribution in [3.05, 3.63) is 60.4 Å². The van der Waals surface area contributed by atoms with Crippen LogP contribution in [0, 0.1) is 5.82 Å². The van der Waals surface area contributed by atoms with Gasteiger partial charge in [0.05, 0.1) is 6.67 Å². The van der Waals surface area contributed by atoms with Crippen LogP contribution in [0.4, 0.5) is 10.1 Å². The molecule has 2 heterocycles. The Morgan fingerprint density at radius 1 is 1.06 bits per heavy atom. The van der Waals surface area contributed by atoms with Crippen molar-refractivity contribution >= 4 is 23.4 Å². The first kappa shape index (κ1) is 23.1. The number of carbonyl (C=O) groups is 1. The Kier molecular flexibility index (Phi) is 7.41. The number of benzene rings is 2. The minimum atomic E-state index is -0.413. The summed E-state index contributed by atoms with van der Waals surface area (Å²) in [6, 6.07) is 17.4. The molecule has 4 nitrogen and oxygen atoms in total. The predicted octanol–water partition coefficient (Wildman–Crippen LogP) is 5.25. The molecular formula is C26H34FN3OS. The number of rotatable bonds is 8. The lowest BCUT2D eigenvalue weighted by molar-refractivity contribution is -0.135. The van der Waals surface area contributed by atoms with Gasteiger partial charge in [-0.1, -0.05) is 25.1 Å². The number of para-hydroxylation sites is 1. The second-order valence-corrected chi connectivity index (χ2v) is 10.1. The molecule has 2 aliphatic rings. The van der Waals surface area contributed by atoms with Crippen molar-refractivity contribution in [2.24, 2.45) is 0 Å². The normalized spacial score (nSPS) is 19.7. The van der Waals surface area contributed by atoms with Crippen molar-refractivity contribution in [3.8, 4) is 0 Å². The largest absolute Gasteiger partial charge is 0.339 e. The molecular weight excluding hydrogens is 421 g/mol. The van der Waals surface area contributed by atoms with Crippen molar-refractivity contribution in [1.82, 2.24) is 9.80 Å². The van der Waals surface area contributed by atoms with Crippen molar-refractivity contribution in [2.45, 2.75) is 56.0 Å². The molecule has 0 saturated carbocycles. The highest BCUT2D eigenvalue weighted by Gasteiger charge is 2.54. The fourth-order valence-electron chi connectivity index (χ4n) is 4.87. The number of anilines is 1. The zero-order valence-electron chi connectivity index (χ0n) is 19.2. The van der Waals surface area contributed by atoms with E-state index >= 15 is 0 Å². The fourth-order valence-corrected chi connectivity index (χ4v) is 5.71. The van der Waals surface area contributed by atoms with Crippen LogP contribution >= 0.6 is 11.8 Å². The molecule has 1 atom stereocenters. The molecule has 4 rings (SSSR count). The average molecular weight is 456 g/mol. The summed E-state index contributed by atoms with van der Waals surface area (Å²) < 4.78 is 13.0. The number of halogens is 1. The summed E-state index contributed by atoms with van der Waals surface area (Å²) in [6.45, 7) is 7.94. The smallest absolute Gasteiger partial charge is 0.250 e.